The van der Waals surface area contributed by atoms with Gasteiger partial charge >= 0.3 is 0 Å². The van der Waals surface area contributed by atoms with Crippen molar-refractivity contribution in [2.45, 2.75) is 18.9 Å². The molecule has 0 aliphatic carbocycles. The summed E-state index contributed by atoms with van der Waals surface area (Å²) in [5, 5.41) is 0. The third-order valence-electron chi connectivity index (χ3n) is 4.02. The van der Waals surface area contributed by atoms with Gasteiger partial charge in [0, 0.05) is 13.1 Å². The molecule has 0 spiro atoms. The normalized spacial score (nSPS) is 15.5. The molecule has 5 nitrogen and oxygen atoms in total. The second kappa shape index (κ2) is 7.97. The Morgan fingerprint density at radius 3 is 2.58 bits per heavy atom. The van der Waals surface area contributed by atoms with Crippen LogP contribution in [0.3, 0.4) is 0 Å². The highest BCUT2D eigenvalue weighted by Gasteiger charge is 2.24. The van der Waals surface area contributed by atoms with Crippen molar-refractivity contribution >= 4 is 5.91 Å². The SMILES string of the molecule is O=C(c1ccoc1)N1CCC(OCCOc2ccc(F)cc2)CC1. The molecule has 1 aliphatic heterocycles. The highest BCUT2D eigenvalue weighted by atomic mass is 19.1. The van der Waals surface area contributed by atoms with E-state index in [0.717, 1.165) is 12.8 Å². The molecule has 6 heteroatoms. The first-order chi connectivity index (χ1) is 11.7. The van der Waals surface area contributed by atoms with Crippen LogP contribution in [-0.4, -0.2) is 43.2 Å². The number of amides is 1. The predicted octanol–water partition coefficient (Wildman–Crippen LogP) is 3.12. The van der Waals surface area contributed by atoms with E-state index in [1.165, 1.54) is 24.7 Å². The van der Waals surface area contributed by atoms with Crippen LogP contribution in [0.5, 0.6) is 5.75 Å². The minimum absolute atomic E-state index is 0.00171. The third-order valence-corrected chi connectivity index (χ3v) is 4.02. The molecule has 0 saturated carbocycles. The topological polar surface area (TPSA) is 51.9 Å². The van der Waals surface area contributed by atoms with E-state index >= 15 is 0 Å². The number of likely N-dealkylation sites (tertiary alicyclic amines) is 1. The smallest absolute Gasteiger partial charge is 0.257 e. The Morgan fingerprint density at radius 2 is 1.92 bits per heavy atom. The summed E-state index contributed by atoms with van der Waals surface area (Å²) < 4.78 is 29.0. The van der Waals surface area contributed by atoms with Gasteiger partial charge in [0.1, 0.15) is 24.4 Å². The highest BCUT2D eigenvalue weighted by molar-refractivity contribution is 5.93. The number of nitrogens with zero attached hydrogens (tertiary/aromatic N) is 1. The van der Waals surface area contributed by atoms with E-state index in [2.05, 4.69) is 0 Å². The molecule has 0 unspecified atom stereocenters. The van der Waals surface area contributed by atoms with Crippen LogP contribution in [0.25, 0.3) is 0 Å². The van der Waals surface area contributed by atoms with E-state index in [1.807, 2.05) is 4.90 Å². The van der Waals surface area contributed by atoms with Gasteiger partial charge in [-0.15, -0.1) is 0 Å². The minimum atomic E-state index is -0.282. The highest BCUT2D eigenvalue weighted by Crippen LogP contribution is 2.17. The molecule has 128 valence electrons. The monoisotopic (exact) mass is 333 g/mol. The minimum Gasteiger partial charge on any atom is -0.491 e. The van der Waals surface area contributed by atoms with E-state index in [1.54, 1.807) is 18.2 Å². The molecule has 2 aromatic rings. The third kappa shape index (κ3) is 4.35. The van der Waals surface area contributed by atoms with Crippen LogP contribution in [0.1, 0.15) is 23.2 Å². The molecule has 1 saturated heterocycles. The lowest BCUT2D eigenvalue weighted by Gasteiger charge is -2.31. The van der Waals surface area contributed by atoms with Gasteiger partial charge in [0.05, 0.1) is 24.5 Å². The zero-order chi connectivity index (χ0) is 16.8. The van der Waals surface area contributed by atoms with E-state index in [-0.39, 0.29) is 17.8 Å². The van der Waals surface area contributed by atoms with Gasteiger partial charge < -0.3 is 18.8 Å². The van der Waals surface area contributed by atoms with E-state index in [0.29, 0.717) is 37.6 Å². The first-order valence-electron chi connectivity index (χ1n) is 8.04. The van der Waals surface area contributed by atoms with Gasteiger partial charge in [-0.3, -0.25) is 4.79 Å². The van der Waals surface area contributed by atoms with Crippen LogP contribution in [0.2, 0.25) is 0 Å². The number of furan rings is 1. The zero-order valence-electron chi connectivity index (χ0n) is 13.3. The predicted molar refractivity (Wildman–Crippen MR) is 85.5 cm³/mol. The first-order valence-corrected chi connectivity index (χ1v) is 8.04. The van der Waals surface area contributed by atoms with Crippen molar-refractivity contribution < 1.29 is 23.1 Å². The lowest BCUT2D eigenvalue weighted by Crippen LogP contribution is -2.41. The van der Waals surface area contributed by atoms with Crippen LogP contribution in [0.15, 0.2) is 47.3 Å². The number of carbonyl (C=O) groups excluding carboxylic acids is 1. The van der Waals surface area contributed by atoms with Gasteiger partial charge in [-0.2, -0.15) is 0 Å². The Morgan fingerprint density at radius 1 is 1.17 bits per heavy atom. The van der Waals surface area contributed by atoms with Crippen molar-refractivity contribution in [1.82, 2.24) is 4.90 Å². The molecule has 0 N–H and O–H groups in total. The molecule has 1 aromatic carbocycles. The number of hydrogen-bond acceptors (Lipinski definition) is 4. The summed E-state index contributed by atoms with van der Waals surface area (Å²) >= 11 is 0. The van der Waals surface area contributed by atoms with Crippen LogP contribution in [-0.2, 0) is 4.74 Å². The second-order valence-corrected chi connectivity index (χ2v) is 5.68. The van der Waals surface area contributed by atoms with E-state index in [9.17, 15) is 9.18 Å². The number of piperidine rings is 1. The second-order valence-electron chi connectivity index (χ2n) is 5.68. The van der Waals surface area contributed by atoms with Crippen molar-refractivity contribution in [2.75, 3.05) is 26.3 Å². The average molecular weight is 333 g/mol. The maximum absolute atomic E-state index is 12.8. The molecule has 1 amide bonds. The van der Waals surface area contributed by atoms with Crippen LogP contribution in [0, 0.1) is 5.82 Å². The number of benzene rings is 1. The Balaban J connectivity index is 1.34. The summed E-state index contributed by atoms with van der Waals surface area (Å²) in [7, 11) is 0. The van der Waals surface area contributed by atoms with Gasteiger partial charge in [0.15, 0.2) is 0 Å². The molecule has 0 bridgehead atoms. The molecule has 24 heavy (non-hydrogen) atoms. The number of hydrogen-bond donors (Lipinski definition) is 0. The largest absolute Gasteiger partial charge is 0.491 e. The van der Waals surface area contributed by atoms with Gasteiger partial charge in [0.2, 0.25) is 0 Å². The van der Waals surface area contributed by atoms with Crippen molar-refractivity contribution in [2.24, 2.45) is 0 Å². The average Bonchev–Trinajstić information content (AvgIpc) is 3.15. The van der Waals surface area contributed by atoms with Crippen molar-refractivity contribution in [3.63, 3.8) is 0 Å². The van der Waals surface area contributed by atoms with Crippen molar-refractivity contribution in [1.29, 1.82) is 0 Å². The molecule has 0 radical (unpaired) electrons. The first kappa shape index (κ1) is 16.5. The maximum atomic E-state index is 12.8. The number of halogens is 1. The fraction of sp³-hybridized carbons (Fsp3) is 0.389. The molecule has 0 atom stereocenters. The zero-order valence-corrected chi connectivity index (χ0v) is 13.3. The molecule has 1 fully saturated rings. The standard InChI is InChI=1S/C18H20FNO4/c19-15-1-3-16(4-2-15)23-11-12-24-17-5-8-20(9-6-17)18(21)14-7-10-22-13-14/h1-4,7,10,13,17H,5-6,8-9,11-12H2. The summed E-state index contributed by atoms with van der Waals surface area (Å²) in [6.07, 6.45) is 4.72. The van der Waals surface area contributed by atoms with Gasteiger partial charge in [-0.25, -0.2) is 4.39 Å². The molecule has 1 aliphatic rings. The Hall–Kier alpha value is -2.34. The van der Waals surface area contributed by atoms with Gasteiger partial charge in [-0.1, -0.05) is 0 Å². The lowest BCUT2D eigenvalue weighted by atomic mass is 10.1. The summed E-state index contributed by atoms with van der Waals surface area (Å²) in [6, 6.07) is 7.59. The molecular weight excluding hydrogens is 313 g/mol. The van der Waals surface area contributed by atoms with E-state index in [4.69, 9.17) is 13.9 Å². The van der Waals surface area contributed by atoms with Crippen LogP contribution < -0.4 is 4.74 Å². The fourth-order valence-corrected chi connectivity index (χ4v) is 2.70. The quantitative estimate of drug-likeness (QED) is 0.762. The maximum Gasteiger partial charge on any atom is 0.257 e. The Kier molecular flexibility index (Phi) is 5.48. The Bertz CT molecular complexity index is 634. The fourth-order valence-electron chi connectivity index (χ4n) is 2.70. The molecule has 1 aromatic heterocycles. The summed E-state index contributed by atoms with van der Waals surface area (Å²) in [6.45, 7) is 2.23. The summed E-state index contributed by atoms with van der Waals surface area (Å²) in [5.41, 5.74) is 0.585. The summed E-state index contributed by atoms with van der Waals surface area (Å²) in [4.78, 5) is 14.0. The molecule has 3 rings (SSSR count). The van der Waals surface area contributed by atoms with Gasteiger partial charge in [-0.05, 0) is 43.2 Å². The number of carbonyl (C=O) groups is 1. The number of ether oxygens (including phenoxy) is 2. The van der Waals surface area contributed by atoms with Crippen LogP contribution >= 0.6 is 0 Å². The van der Waals surface area contributed by atoms with E-state index < -0.39 is 0 Å². The van der Waals surface area contributed by atoms with Crippen molar-refractivity contribution in [3.05, 3.63) is 54.2 Å². The number of rotatable bonds is 6. The van der Waals surface area contributed by atoms with Gasteiger partial charge in [0.25, 0.3) is 5.91 Å². The lowest BCUT2D eigenvalue weighted by molar-refractivity contribution is -0.00239. The molecular formula is C18H20FNO4. The summed E-state index contributed by atoms with van der Waals surface area (Å²) in [5.74, 6) is 0.345. The van der Waals surface area contributed by atoms with Crippen molar-refractivity contribution in [3.8, 4) is 5.75 Å². The molecule has 2 heterocycles. The Labute approximate surface area is 140 Å². The van der Waals surface area contributed by atoms with Crippen LogP contribution in [0.4, 0.5) is 4.39 Å².